The van der Waals surface area contributed by atoms with Crippen molar-refractivity contribution < 1.29 is 19.1 Å². The van der Waals surface area contributed by atoms with Gasteiger partial charge in [0.15, 0.2) is 0 Å². The Bertz CT molecular complexity index is 450. The summed E-state index contributed by atoms with van der Waals surface area (Å²) in [6.45, 7) is 1.22. The van der Waals surface area contributed by atoms with E-state index in [2.05, 4.69) is 5.32 Å². The van der Waals surface area contributed by atoms with Gasteiger partial charge in [0.05, 0.1) is 0 Å². The van der Waals surface area contributed by atoms with Gasteiger partial charge in [0.1, 0.15) is 11.9 Å². The van der Waals surface area contributed by atoms with Crippen molar-refractivity contribution in [2.45, 2.75) is 19.4 Å². The van der Waals surface area contributed by atoms with E-state index in [1.54, 1.807) is 12.1 Å². The summed E-state index contributed by atoms with van der Waals surface area (Å²) in [5.74, 6) is -2.11. The lowest BCUT2D eigenvalue weighted by Gasteiger charge is -2.13. The second-order valence-electron chi connectivity index (χ2n) is 3.53. The van der Waals surface area contributed by atoms with Gasteiger partial charge in [-0.05, 0) is 46.4 Å². The van der Waals surface area contributed by atoms with Crippen LogP contribution in [0.15, 0.2) is 18.2 Å². The monoisotopic (exact) mass is 351 g/mol. The van der Waals surface area contributed by atoms with Crippen molar-refractivity contribution in [3.63, 3.8) is 0 Å². The van der Waals surface area contributed by atoms with Crippen LogP contribution in [0.2, 0.25) is 0 Å². The summed E-state index contributed by atoms with van der Waals surface area (Å²) < 4.78 is 14.2. The lowest BCUT2D eigenvalue weighted by Crippen LogP contribution is -2.41. The van der Waals surface area contributed by atoms with Gasteiger partial charge in [0.2, 0.25) is 5.91 Å². The lowest BCUT2D eigenvalue weighted by molar-refractivity contribution is -0.141. The van der Waals surface area contributed by atoms with Crippen LogP contribution in [0, 0.1) is 9.39 Å². The number of nitrogens with one attached hydrogen (secondary N) is 1. The highest BCUT2D eigenvalue weighted by atomic mass is 127. The van der Waals surface area contributed by atoms with E-state index < -0.39 is 23.7 Å². The molecule has 17 heavy (non-hydrogen) atoms. The molecule has 1 rings (SSSR count). The second-order valence-corrected chi connectivity index (χ2v) is 4.78. The highest BCUT2D eigenvalue weighted by molar-refractivity contribution is 14.1. The zero-order chi connectivity index (χ0) is 13.0. The second kappa shape index (κ2) is 5.95. The molecule has 6 heteroatoms. The van der Waals surface area contributed by atoms with E-state index in [4.69, 9.17) is 5.11 Å². The first-order valence-corrected chi connectivity index (χ1v) is 5.92. The standard InChI is InChI=1S/C11H11FINO3/c1-6(15)14-10(11(16)17)5-7-4-8(13)2-3-9(7)12/h2-4,10H,5H2,1H3,(H,14,15)(H,16,17). The smallest absolute Gasteiger partial charge is 0.326 e. The van der Waals surface area contributed by atoms with Crippen molar-refractivity contribution in [1.29, 1.82) is 0 Å². The van der Waals surface area contributed by atoms with Gasteiger partial charge in [-0.25, -0.2) is 9.18 Å². The van der Waals surface area contributed by atoms with Crippen molar-refractivity contribution in [3.8, 4) is 0 Å². The molecule has 92 valence electrons. The van der Waals surface area contributed by atoms with Gasteiger partial charge >= 0.3 is 5.97 Å². The van der Waals surface area contributed by atoms with Crippen molar-refractivity contribution in [2.75, 3.05) is 0 Å². The van der Waals surface area contributed by atoms with Crippen molar-refractivity contribution in [1.82, 2.24) is 5.32 Å². The molecule has 0 aliphatic carbocycles. The van der Waals surface area contributed by atoms with Crippen molar-refractivity contribution in [2.24, 2.45) is 0 Å². The highest BCUT2D eigenvalue weighted by Gasteiger charge is 2.20. The molecule has 0 aliphatic rings. The average Bonchev–Trinajstić information content (AvgIpc) is 2.21. The molecule has 4 nitrogen and oxygen atoms in total. The predicted octanol–water partition coefficient (Wildman–Crippen LogP) is 1.56. The fourth-order valence-electron chi connectivity index (χ4n) is 1.37. The predicted molar refractivity (Wildman–Crippen MR) is 68.1 cm³/mol. The minimum atomic E-state index is -1.18. The van der Waals surface area contributed by atoms with E-state index in [1.807, 2.05) is 22.6 Å². The third-order valence-electron chi connectivity index (χ3n) is 2.11. The summed E-state index contributed by atoms with van der Waals surface area (Å²) in [4.78, 5) is 21.7. The molecule has 1 atom stereocenters. The molecule has 0 aromatic heterocycles. The molecule has 0 heterocycles. The number of carbonyl (C=O) groups excluding carboxylic acids is 1. The minimum Gasteiger partial charge on any atom is -0.480 e. The molecule has 0 fully saturated rings. The SMILES string of the molecule is CC(=O)NC(Cc1cc(I)ccc1F)C(=O)O. The molecule has 1 unspecified atom stereocenters. The third kappa shape index (κ3) is 4.29. The third-order valence-corrected chi connectivity index (χ3v) is 2.78. The molecule has 1 aromatic rings. The Morgan fingerprint density at radius 2 is 2.18 bits per heavy atom. The molecule has 2 N–H and O–H groups in total. The van der Waals surface area contributed by atoms with Crippen LogP contribution in [0.1, 0.15) is 12.5 Å². The maximum atomic E-state index is 13.4. The van der Waals surface area contributed by atoms with Gasteiger partial charge in [0, 0.05) is 16.9 Å². The molecular formula is C11H11FINO3. The number of benzene rings is 1. The number of carbonyl (C=O) groups is 2. The van der Waals surface area contributed by atoms with Gasteiger partial charge in [-0.1, -0.05) is 0 Å². The molecule has 1 aromatic carbocycles. The van der Waals surface area contributed by atoms with E-state index in [9.17, 15) is 14.0 Å². The molecule has 0 spiro atoms. The number of carboxylic acids is 1. The van der Waals surface area contributed by atoms with E-state index >= 15 is 0 Å². The van der Waals surface area contributed by atoms with Crippen LogP contribution in [0.3, 0.4) is 0 Å². The molecule has 1 amide bonds. The zero-order valence-corrected chi connectivity index (χ0v) is 11.2. The van der Waals surface area contributed by atoms with Crippen molar-refractivity contribution in [3.05, 3.63) is 33.1 Å². The minimum absolute atomic E-state index is 0.0718. The van der Waals surface area contributed by atoms with Crippen LogP contribution in [0.4, 0.5) is 4.39 Å². The number of rotatable bonds is 4. The first kappa shape index (κ1) is 13.9. The highest BCUT2D eigenvalue weighted by Crippen LogP contribution is 2.14. The van der Waals surface area contributed by atoms with Gasteiger partial charge in [-0.3, -0.25) is 4.79 Å². The number of aliphatic carboxylic acids is 1. The van der Waals surface area contributed by atoms with Crippen LogP contribution >= 0.6 is 22.6 Å². The summed E-state index contributed by atoms with van der Waals surface area (Å²) in [5.41, 5.74) is 0.276. The van der Waals surface area contributed by atoms with E-state index in [1.165, 1.54) is 13.0 Å². The Hall–Kier alpha value is -1.18. The fourth-order valence-corrected chi connectivity index (χ4v) is 1.92. The molecule has 0 saturated carbocycles. The number of hydrogen-bond acceptors (Lipinski definition) is 2. The normalized spacial score (nSPS) is 11.9. The number of carboxylic acid groups (broad SMARTS) is 1. The summed E-state index contributed by atoms with van der Waals surface area (Å²) in [6, 6.07) is 3.32. The van der Waals surface area contributed by atoms with Gasteiger partial charge in [0.25, 0.3) is 0 Å². The van der Waals surface area contributed by atoms with E-state index in [0.717, 1.165) is 3.57 Å². The topological polar surface area (TPSA) is 66.4 Å². The number of hydrogen-bond donors (Lipinski definition) is 2. The fraction of sp³-hybridized carbons (Fsp3) is 0.273. The Labute approximate surface area is 111 Å². The van der Waals surface area contributed by atoms with Gasteiger partial charge < -0.3 is 10.4 Å². The van der Waals surface area contributed by atoms with Crippen LogP contribution < -0.4 is 5.32 Å². The Kier molecular flexibility index (Phi) is 4.86. The first-order valence-electron chi connectivity index (χ1n) is 4.84. The number of amides is 1. The van der Waals surface area contributed by atoms with Gasteiger partial charge in [-0.2, -0.15) is 0 Å². The maximum absolute atomic E-state index is 13.4. The summed E-state index contributed by atoms with van der Waals surface area (Å²) in [7, 11) is 0. The molecule has 0 saturated heterocycles. The van der Waals surface area contributed by atoms with Crippen molar-refractivity contribution >= 4 is 34.5 Å². The van der Waals surface area contributed by atoms with Crippen LogP contribution in [-0.4, -0.2) is 23.0 Å². The molecular weight excluding hydrogens is 340 g/mol. The quantitative estimate of drug-likeness (QED) is 0.810. The zero-order valence-electron chi connectivity index (χ0n) is 9.04. The van der Waals surface area contributed by atoms with Crippen LogP contribution in [0.5, 0.6) is 0 Å². The molecule has 0 aliphatic heterocycles. The summed E-state index contributed by atoms with van der Waals surface area (Å²) in [5, 5.41) is 11.2. The Morgan fingerprint density at radius 1 is 1.53 bits per heavy atom. The van der Waals surface area contributed by atoms with Crippen LogP contribution in [-0.2, 0) is 16.0 Å². The summed E-state index contributed by atoms with van der Waals surface area (Å²) >= 11 is 2.01. The van der Waals surface area contributed by atoms with E-state index in [0.29, 0.717) is 0 Å². The first-order chi connectivity index (χ1) is 7.90. The molecule has 0 radical (unpaired) electrons. The maximum Gasteiger partial charge on any atom is 0.326 e. The molecule has 0 bridgehead atoms. The van der Waals surface area contributed by atoms with E-state index in [-0.39, 0.29) is 12.0 Å². The van der Waals surface area contributed by atoms with Gasteiger partial charge in [-0.15, -0.1) is 0 Å². The average molecular weight is 351 g/mol. The Morgan fingerprint density at radius 3 is 2.71 bits per heavy atom. The summed E-state index contributed by atoms with van der Waals surface area (Å²) in [6.07, 6.45) is -0.0718. The number of halogens is 2. The Balaban J connectivity index is 2.89. The van der Waals surface area contributed by atoms with Crippen LogP contribution in [0.25, 0.3) is 0 Å². The largest absolute Gasteiger partial charge is 0.480 e. The lowest BCUT2D eigenvalue weighted by atomic mass is 10.1.